The highest BCUT2D eigenvalue weighted by atomic mass is 32.2. The van der Waals surface area contributed by atoms with E-state index in [0.29, 0.717) is 0 Å². The molecule has 0 amide bonds. The third-order valence-electron chi connectivity index (χ3n) is 3.68. The van der Waals surface area contributed by atoms with E-state index in [4.69, 9.17) is 9.88 Å². The summed E-state index contributed by atoms with van der Waals surface area (Å²) in [6.07, 6.45) is 3.62. The number of nitrogens with one attached hydrogen (secondary N) is 1. The molecule has 1 atom stereocenters. The van der Waals surface area contributed by atoms with Crippen LogP contribution in [0.4, 0.5) is 0 Å². The van der Waals surface area contributed by atoms with Crippen molar-refractivity contribution in [2.45, 2.75) is 37.1 Å². The van der Waals surface area contributed by atoms with Crippen molar-refractivity contribution in [3.8, 4) is 0 Å². The van der Waals surface area contributed by atoms with Crippen LogP contribution in [0.5, 0.6) is 0 Å². The first-order valence-electron chi connectivity index (χ1n) is 7.40. The minimum Gasteiger partial charge on any atom is -0.381 e. The number of ether oxygens (including phenoxy) is 1. The van der Waals surface area contributed by atoms with Gasteiger partial charge in [0.15, 0.2) is 0 Å². The van der Waals surface area contributed by atoms with Gasteiger partial charge in [-0.1, -0.05) is 12.1 Å². The maximum absolute atomic E-state index is 11.2. The normalized spacial score (nSPS) is 16.9. The van der Waals surface area contributed by atoms with Gasteiger partial charge in [-0.25, -0.2) is 13.6 Å². The average molecular weight is 312 g/mol. The number of rotatable bonds is 9. The Morgan fingerprint density at radius 1 is 1.33 bits per heavy atom. The molecule has 1 saturated carbocycles. The zero-order chi connectivity index (χ0) is 15.3. The lowest BCUT2D eigenvalue weighted by atomic mass is 10.1. The van der Waals surface area contributed by atoms with E-state index in [9.17, 15) is 8.42 Å². The minimum atomic E-state index is -3.61. The number of primary sulfonamides is 1. The van der Waals surface area contributed by atoms with E-state index in [1.807, 2.05) is 0 Å². The van der Waals surface area contributed by atoms with Crippen LogP contribution >= 0.6 is 0 Å². The summed E-state index contributed by atoms with van der Waals surface area (Å²) in [5.41, 5.74) is 1.04. The largest absolute Gasteiger partial charge is 0.381 e. The fourth-order valence-electron chi connectivity index (χ4n) is 2.09. The molecule has 1 unspecified atom stereocenters. The molecule has 3 N–H and O–H groups in total. The van der Waals surface area contributed by atoms with Crippen molar-refractivity contribution in [3.05, 3.63) is 29.8 Å². The van der Waals surface area contributed by atoms with Gasteiger partial charge >= 0.3 is 0 Å². The summed E-state index contributed by atoms with van der Waals surface area (Å²) in [6.45, 7) is 4.63. The standard InChI is InChI=1S/C15H24N2O3S/c1-12(17-9-2-10-20-11-13-3-4-13)14-5-7-15(8-6-14)21(16,18)19/h5-8,12-13,17H,2-4,9-11H2,1H3,(H2,16,18,19). The molecular formula is C15H24N2O3S. The van der Waals surface area contributed by atoms with Gasteiger partial charge in [-0.05, 0) is 56.3 Å². The Morgan fingerprint density at radius 2 is 2.00 bits per heavy atom. The first-order valence-corrected chi connectivity index (χ1v) is 8.95. The van der Waals surface area contributed by atoms with Crippen LogP contribution in [0.15, 0.2) is 29.2 Å². The molecule has 0 bridgehead atoms. The molecule has 1 aliphatic carbocycles. The molecule has 21 heavy (non-hydrogen) atoms. The Hall–Kier alpha value is -0.950. The average Bonchev–Trinajstić information content (AvgIpc) is 3.26. The number of benzene rings is 1. The second-order valence-electron chi connectivity index (χ2n) is 5.66. The summed E-state index contributed by atoms with van der Waals surface area (Å²) in [5, 5.41) is 8.48. The molecule has 0 heterocycles. The second-order valence-corrected chi connectivity index (χ2v) is 7.22. The molecule has 0 aliphatic heterocycles. The van der Waals surface area contributed by atoms with Crippen LogP contribution in [0.3, 0.4) is 0 Å². The van der Waals surface area contributed by atoms with E-state index in [1.54, 1.807) is 24.3 Å². The lowest BCUT2D eigenvalue weighted by molar-refractivity contribution is 0.121. The van der Waals surface area contributed by atoms with Crippen LogP contribution in [0, 0.1) is 5.92 Å². The minimum absolute atomic E-state index is 0.145. The molecule has 0 saturated heterocycles. The zero-order valence-corrected chi connectivity index (χ0v) is 13.2. The van der Waals surface area contributed by atoms with Gasteiger partial charge in [0.05, 0.1) is 4.90 Å². The summed E-state index contributed by atoms with van der Waals surface area (Å²) in [7, 11) is -3.61. The Labute approximate surface area is 126 Å². The SMILES string of the molecule is CC(NCCCOCC1CC1)c1ccc(S(N)(=O)=O)cc1. The molecule has 1 aromatic carbocycles. The van der Waals surface area contributed by atoms with Crippen molar-refractivity contribution in [2.75, 3.05) is 19.8 Å². The first kappa shape index (κ1) is 16.4. The first-order chi connectivity index (χ1) is 9.97. The molecule has 1 aliphatic rings. The van der Waals surface area contributed by atoms with E-state index < -0.39 is 10.0 Å². The number of sulfonamides is 1. The highest BCUT2D eigenvalue weighted by molar-refractivity contribution is 7.89. The summed E-state index contributed by atoms with van der Waals surface area (Å²) in [4.78, 5) is 0.145. The summed E-state index contributed by atoms with van der Waals surface area (Å²) in [5.74, 6) is 0.814. The fourth-order valence-corrected chi connectivity index (χ4v) is 2.61. The van der Waals surface area contributed by atoms with E-state index in [0.717, 1.165) is 37.7 Å². The van der Waals surface area contributed by atoms with Crippen molar-refractivity contribution in [2.24, 2.45) is 11.1 Å². The van der Waals surface area contributed by atoms with Crippen LogP contribution < -0.4 is 10.5 Å². The predicted molar refractivity (Wildman–Crippen MR) is 82.4 cm³/mol. The summed E-state index contributed by atoms with van der Waals surface area (Å²) >= 11 is 0. The van der Waals surface area contributed by atoms with Crippen molar-refractivity contribution in [3.63, 3.8) is 0 Å². The monoisotopic (exact) mass is 312 g/mol. The van der Waals surface area contributed by atoms with Gasteiger partial charge < -0.3 is 10.1 Å². The number of hydrogen-bond donors (Lipinski definition) is 2. The van der Waals surface area contributed by atoms with Gasteiger partial charge in [-0.15, -0.1) is 0 Å². The van der Waals surface area contributed by atoms with Crippen LogP contribution in [-0.2, 0) is 14.8 Å². The second kappa shape index (κ2) is 7.35. The summed E-state index contributed by atoms with van der Waals surface area (Å²) in [6, 6.07) is 6.84. The van der Waals surface area contributed by atoms with Crippen molar-refractivity contribution in [1.29, 1.82) is 0 Å². The molecule has 1 fully saturated rings. The van der Waals surface area contributed by atoms with Crippen LogP contribution in [0.2, 0.25) is 0 Å². The molecular weight excluding hydrogens is 288 g/mol. The smallest absolute Gasteiger partial charge is 0.238 e. The Balaban J connectivity index is 1.68. The number of hydrogen-bond acceptors (Lipinski definition) is 4. The lowest BCUT2D eigenvalue weighted by Gasteiger charge is -2.14. The van der Waals surface area contributed by atoms with Crippen molar-refractivity contribution in [1.82, 2.24) is 5.32 Å². The molecule has 6 heteroatoms. The molecule has 1 aromatic rings. The van der Waals surface area contributed by atoms with Crippen LogP contribution in [0.1, 0.15) is 37.8 Å². The molecule has 118 valence electrons. The quantitative estimate of drug-likeness (QED) is 0.681. The Kier molecular flexibility index (Phi) is 5.75. The molecule has 5 nitrogen and oxygen atoms in total. The van der Waals surface area contributed by atoms with Crippen LogP contribution in [-0.4, -0.2) is 28.2 Å². The predicted octanol–water partition coefficient (Wildman–Crippen LogP) is 1.80. The van der Waals surface area contributed by atoms with E-state index >= 15 is 0 Å². The maximum atomic E-state index is 11.2. The molecule has 0 spiro atoms. The summed E-state index contributed by atoms with van der Waals surface area (Å²) < 4.78 is 28.0. The highest BCUT2D eigenvalue weighted by Crippen LogP contribution is 2.28. The van der Waals surface area contributed by atoms with Gasteiger partial charge in [0.25, 0.3) is 0 Å². The van der Waals surface area contributed by atoms with Gasteiger partial charge in [-0.3, -0.25) is 0 Å². The molecule has 0 aromatic heterocycles. The zero-order valence-electron chi connectivity index (χ0n) is 12.4. The van der Waals surface area contributed by atoms with Gasteiger partial charge in [0.2, 0.25) is 10.0 Å². The van der Waals surface area contributed by atoms with E-state index in [2.05, 4.69) is 12.2 Å². The van der Waals surface area contributed by atoms with Gasteiger partial charge in [0.1, 0.15) is 0 Å². The van der Waals surface area contributed by atoms with E-state index in [-0.39, 0.29) is 10.9 Å². The topological polar surface area (TPSA) is 81.4 Å². The number of nitrogens with two attached hydrogens (primary N) is 1. The fraction of sp³-hybridized carbons (Fsp3) is 0.600. The van der Waals surface area contributed by atoms with E-state index in [1.165, 1.54) is 12.8 Å². The third kappa shape index (κ3) is 5.74. The van der Waals surface area contributed by atoms with Crippen molar-refractivity contribution >= 4 is 10.0 Å². The molecule has 0 radical (unpaired) electrons. The van der Waals surface area contributed by atoms with Gasteiger partial charge in [-0.2, -0.15) is 0 Å². The maximum Gasteiger partial charge on any atom is 0.238 e. The lowest BCUT2D eigenvalue weighted by Crippen LogP contribution is -2.21. The van der Waals surface area contributed by atoms with Crippen molar-refractivity contribution < 1.29 is 13.2 Å². The highest BCUT2D eigenvalue weighted by Gasteiger charge is 2.20. The Morgan fingerprint density at radius 3 is 2.57 bits per heavy atom. The third-order valence-corrected chi connectivity index (χ3v) is 4.60. The van der Waals surface area contributed by atoms with Gasteiger partial charge in [0, 0.05) is 19.3 Å². The molecule has 2 rings (SSSR count). The Bertz CT molecular complexity index is 539. The van der Waals surface area contributed by atoms with Crippen LogP contribution in [0.25, 0.3) is 0 Å².